The lowest BCUT2D eigenvalue weighted by Gasteiger charge is -2.01. The molecule has 10 heavy (non-hydrogen) atoms. The first-order valence-electron chi connectivity index (χ1n) is 3.05. The van der Waals surface area contributed by atoms with Crippen LogP contribution >= 0.6 is 7.60 Å². The van der Waals surface area contributed by atoms with E-state index in [1.165, 1.54) is 12.9 Å². The maximum atomic E-state index is 10.7. The van der Waals surface area contributed by atoms with Gasteiger partial charge in [-0.25, -0.2) is 0 Å². The first-order valence-corrected chi connectivity index (χ1v) is 4.70. The molecular formula is C6H13O3P. The molecule has 3 nitrogen and oxygen atoms in total. The smallest absolute Gasteiger partial charge is 0.321 e. The average molecular weight is 164 g/mol. The van der Waals surface area contributed by atoms with Crippen molar-refractivity contribution < 1.29 is 14.0 Å². The molecule has 4 heteroatoms. The van der Waals surface area contributed by atoms with E-state index in [1.807, 2.05) is 13.8 Å². The third-order valence-electron chi connectivity index (χ3n) is 0.921. The molecule has 0 aliphatic carbocycles. The summed E-state index contributed by atoms with van der Waals surface area (Å²) in [4.78, 5) is 8.82. The van der Waals surface area contributed by atoms with Crippen molar-refractivity contribution in [2.75, 3.05) is 7.11 Å². The van der Waals surface area contributed by atoms with Crippen LogP contribution in [0.1, 0.15) is 13.8 Å². The second-order valence-corrected chi connectivity index (χ2v) is 4.12. The van der Waals surface area contributed by atoms with Crippen LogP contribution in [0.3, 0.4) is 0 Å². The number of hydrogen-bond donors (Lipinski definition) is 1. The van der Waals surface area contributed by atoms with Crippen LogP contribution in [-0.2, 0) is 9.09 Å². The van der Waals surface area contributed by atoms with Crippen molar-refractivity contribution in [1.82, 2.24) is 0 Å². The Balaban J connectivity index is 4.00. The Bertz CT molecular complexity index is 162. The number of hydrogen-bond acceptors (Lipinski definition) is 2. The molecule has 0 aromatic carbocycles. The van der Waals surface area contributed by atoms with E-state index in [4.69, 9.17) is 4.89 Å². The largest absolute Gasteiger partial charge is 0.351 e. The molecule has 0 amide bonds. The van der Waals surface area contributed by atoms with Gasteiger partial charge in [0.15, 0.2) is 0 Å². The molecular weight excluding hydrogens is 151 g/mol. The Morgan fingerprint density at radius 3 is 2.40 bits per heavy atom. The summed E-state index contributed by atoms with van der Waals surface area (Å²) >= 11 is 0. The van der Waals surface area contributed by atoms with Gasteiger partial charge in [0, 0.05) is 12.9 Å². The second-order valence-electron chi connectivity index (χ2n) is 2.33. The Kier molecular flexibility index (Phi) is 3.87. The molecule has 1 N–H and O–H groups in total. The molecule has 0 radical (unpaired) electrons. The Morgan fingerprint density at radius 1 is 1.60 bits per heavy atom. The van der Waals surface area contributed by atoms with Crippen molar-refractivity contribution in [3.8, 4) is 0 Å². The second kappa shape index (κ2) is 3.91. The fourth-order valence-corrected chi connectivity index (χ4v) is 1.03. The maximum Gasteiger partial charge on any atom is 0.351 e. The number of allylic oxidation sites excluding steroid dienone is 1. The molecule has 1 unspecified atom stereocenters. The van der Waals surface area contributed by atoms with Crippen molar-refractivity contribution in [2.24, 2.45) is 5.92 Å². The summed E-state index contributed by atoms with van der Waals surface area (Å²) in [6.45, 7) is 3.85. The predicted molar refractivity (Wildman–Crippen MR) is 40.8 cm³/mol. The lowest BCUT2D eigenvalue weighted by molar-refractivity contribution is 0.326. The zero-order valence-electron chi connectivity index (χ0n) is 6.44. The molecule has 0 heterocycles. The fraction of sp³-hybridized carbons (Fsp3) is 0.667. The molecule has 0 saturated carbocycles. The highest BCUT2D eigenvalue weighted by atomic mass is 31.2. The quantitative estimate of drug-likeness (QED) is 0.649. The molecule has 0 bridgehead atoms. The zero-order chi connectivity index (χ0) is 8.20. The minimum atomic E-state index is -3.41. The van der Waals surface area contributed by atoms with Crippen LogP contribution in [0.4, 0.5) is 0 Å². The summed E-state index contributed by atoms with van der Waals surface area (Å²) in [6, 6.07) is 0. The van der Waals surface area contributed by atoms with Crippen LogP contribution in [0.5, 0.6) is 0 Å². The molecule has 0 rings (SSSR count). The van der Waals surface area contributed by atoms with Crippen LogP contribution in [0.15, 0.2) is 11.9 Å². The lowest BCUT2D eigenvalue weighted by atomic mass is 10.2. The molecule has 0 aliphatic heterocycles. The van der Waals surface area contributed by atoms with Gasteiger partial charge in [0.05, 0.1) is 0 Å². The predicted octanol–water partition coefficient (Wildman–Crippen LogP) is 1.99. The van der Waals surface area contributed by atoms with Crippen LogP contribution in [-0.4, -0.2) is 12.0 Å². The van der Waals surface area contributed by atoms with E-state index in [0.717, 1.165) is 0 Å². The van der Waals surface area contributed by atoms with Crippen LogP contribution in [0.2, 0.25) is 0 Å². The third-order valence-corrected chi connectivity index (χ3v) is 1.99. The van der Waals surface area contributed by atoms with E-state index in [-0.39, 0.29) is 5.92 Å². The van der Waals surface area contributed by atoms with Crippen molar-refractivity contribution in [3.63, 3.8) is 0 Å². The van der Waals surface area contributed by atoms with Gasteiger partial charge in [-0.15, -0.1) is 0 Å². The molecule has 0 aliphatic rings. The molecule has 0 aromatic heterocycles. The van der Waals surface area contributed by atoms with Gasteiger partial charge in [-0.2, -0.15) is 0 Å². The fourth-order valence-electron chi connectivity index (χ4n) is 0.342. The Labute approximate surface area is 61.2 Å². The van der Waals surface area contributed by atoms with Crippen molar-refractivity contribution in [1.29, 1.82) is 0 Å². The van der Waals surface area contributed by atoms with E-state index in [1.54, 1.807) is 6.08 Å². The standard InChI is InChI=1S/C6H13O3P/c1-6(2)4-5-10(7,8)9-3/h4-6H,1-3H3,(H,7,8)/b5-4+. The summed E-state index contributed by atoms with van der Waals surface area (Å²) in [5.74, 6) is 1.48. The summed E-state index contributed by atoms with van der Waals surface area (Å²) < 4.78 is 15.0. The lowest BCUT2D eigenvalue weighted by Crippen LogP contribution is -1.81. The van der Waals surface area contributed by atoms with Crippen LogP contribution < -0.4 is 0 Å². The van der Waals surface area contributed by atoms with Crippen LogP contribution in [0, 0.1) is 5.92 Å². The first kappa shape index (κ1) is 9.89. The first-order chi connectivity index (χ1) is 4.48. The van der Waals surface area contributed by atoms with E-state index in [9.17, 15) is 4.57 Å². The SMILES string of the molecule is COP(=O)(O)/C=C/C(C)C. The highest BCUT2D eigenvalue weighted by molar-refractivity contribution is 7.56. The van der Waals surface area contributed by atoms with E-state index in [0.29, 0.717) is 0 Å². The van der Waals surface area contributed by atoms with Crippen molar-refractivity contribution in [2.45, 2.75) is 13.8 Å². The summed E-state index contributed by atoms with van der Waals surface area (Å²) in [5, 5.41) is 0. The minimum absolute atomic E-state index is 0.274. The molecule has 0 fully saturated rings. The van der Waals surface area contributed by atoms with Gasteiger partial charge in [-0.3, -0.25) is 4.57 Å². The van der Waals surface area contributed by atoms with Gasteiger partial charge in [0.2, 0.25) is 0 Å². The topological polar surface area (TPSA) is 46.5 Å². The highest BCUT2D eigenvalue weighted by Crippen LogP contribution is 2.42. The van der Waals surface area contributed by atoms with Gasteiger partial charge < -0.3 is 9.42 Å². The average Bonchev–Trinajstić information content (AvgIpc) is 1.85. The summed E-state index contributed by atoms with van der Waals surface area (Å²) in [7, 11) is -2.19. The summed E-state index contributed by atoms with van der Waals surface area (Å²) in [5.41, 5.74) is 0. The molecule has 0 aromatic rings. The van der Waals surface area contributed by atoms with Crippen molar-refractivity contribution in [3.05, 3.63) is 11.9 Å². The van der Waals surface area contributed by atoms with Gasteiger partial charge in [0.1, 0.15) is 0 Å². The Hall–Kier alpha value is -0.110. The molecule has 0 saturated heterocycles. The van der Waals surface area contributed by atoms with Crippen LogP contribution in [0.25, 0.3) is 0 Å². The molecule has 1 atom stereocenters. The van der Waals surface area contributed by atoms with Gasteiger partial charge in [0.25, 0.3) is 0 Å². The molecule has 0 spiro atoms. The summed E-state index contributed by atoms with van der Waals surface area (Å²) in [6.07, 6.45) is 1.64. The Morgan fingerprint density at radius 2 is 2.10 bits per heavy atom. The highest BCUT2D eigenvalue weighted by Gasteiger charge is 2.10. The third kappa shape index (κ3) is 4.74. The van der Waals surface area contributed by atoms with E-state index in [2.05, 4.69) is 4.52 Å². The van der Waals surface area contributed by atoms with E-state index < -0.39 is 7.60 Å². The monoisotopic (exact) mass is 164 g/mol. The van der Waals surface area contributed by atoms with Gasteiger partial charge in [-0.05, 0) is 5.92 Å². The van der Waals surface area contributed by atoms with Crippen molar-refractivity contribution >= 4 is 7.60 Å². The number of rotatable bonds is 3. The maximum absolute atomic E-state index is 10.7. The van der Waals surface area contributed by atoms with Gasteiger partial charge >= 0.3 is 7.60 Å². The zero-order valence-corrected chi connectivity index (χ0v) is 7.34. The normalized spacial score (nSPS) is 18.1. The van der Waals surface area contributed by atoms with Gasteiger partial charge in [-0.1, -0.05) is 19.9 Å². The minimum Gasteiger partial charge on any atom is -0.321 e. The van der Waals surface area contributed by atoms with E-state index >= 15 is 0 Å². The molecule has 60 valence electrons.